The number of anilines is 1. The molecule has 0 spiro atoms. The Morgan fingerprint density at radius 1 is 1.04 bits per heavy atom. The van der Waals surface area contributed by atoms with Crippen molar-refractivity contribution < 1.29 is 9.59 Å². The number of nitrogens with one attached hydrogen (secondary N) is 1. The van der Waals surface area contributed by atoms with Gasteiger partial charge in [-0.2, -0.15) is 0 Å². The van der Waals surface area contributed by atoms with Gasteiger partial charge in [-0.05, 0) is 36.4 Å². The number of aromatic nitrogens is 1. The van der Waals surface area contributed by atoms with Crippen LogP contribution in [0.4, 0.5) is 5.13 Å². The molecule has 0 radical (unpaired) electrons. The van der Waals surface area contributed by atoms with Crippen molar-refractivity contribution in [3.63, 3.8) is 0 Å². The Hall–Kier alpha value is -2.24. The van der Waals surface area contributed by atoms with E-state index in [2.05, 4.69) is 10.3 Å². The number of carbonyl (C=O) groups is 2. The Morgan fingerprint density at radius 3 is 2.52 bits per heavy atom. The van der Waals surface area contributed by atoms with Gasteiger partial charge in [0.2, 0.25) is 5.91 Å². The maximum Gasteiger partial charge on any atom is 0.226 e. The zero-order valence-corrected chi connectivity index (χ0v) is 13.7. The molecule has 1 N–H and O–H groups in total. The van der Waals surface area contributed by atoms with Crippen LogP contribution in [0, 0.1) is 0 Å². The lowest BCUT2D eigenvalue weighted by Gasteiger charge is -2.02. The molecule has 0 atom stereocenters. The number of rotatable bonds is 5. The summed E-state index contributed by atoms with van der Waals surface area (Å²) >= 11 is 7.20. The van der Waals surface area contributed by atoms with E-state index in [9.17, 15) is 9.59 Å². The SMILES string of the molecule is O=C(CCC(=O)c1ccc(Cl)cc1)Nc1nc2ccccc2s1. The molecule has 2 aromatic carbocycles. The Balaban J connectivity index is 1.56. The molecule has 6 heteroatoms. The number of halogens is 1. The molecule has 0 aliphatic rings. The van der Waals surface area contributed by atoms with Crippen LogP contribution in [-0.4, -0.2) is 16.7 Å². The third-order valence-electron chi connectivity index (χ3n) is 3.29. The first-order valence-electron chi connectivity index (χ1n) is 7.06. The van der Waals surface area contributed by atoms with Crippen LogP contribution in [0.25, 0.3) is 10.2 Å². The Bertz CT molecular complexity index is 825. The van der Waals surface area contributed by atoms with Crippen molar-refractivity contribution in [3.8, 4) is 0 Å². The number of ketones is 1. The summed E-state index contributed by atoms with van der Waals surface area (Å²) < 4.78 is 1.01. The number of benzene rings is 2. The van der Waals surface area contributed by atoms with Crippen LogP contribution in [0.3, 0.4) is 0 Å². The molecule has 4 nitrogen and oxygen atoms in total. The number of carbonyl (C=O) groups excluding carboxylic acids is 2. The maximum atomic E-state index is 12.0. The molecule has 0 fully saturated rings. The Kier molecular flexibility index (Phi) is 4.69. The summed E-state index contributed by atoms with van der Waals surface area (Å²) in [6.07, 6.45) is 0.274. The van der Waals surface area contributed by atoms with Gasteiger partial charge < -0.3 is 5.32 Å². The van der Waals surface area contributed by atoms with Crippen LogP contribution in [-0.2, 0) is 4.79 Å². The summed E-state index contributed by atoms with van der Waals surface area (Å²) in [5.74, 6) is -0.299. The van der Waals surface area contributed by atoms with Crippen molar-refractivity contribution >= 4 is 50.0 Å². The first-order chi connectivity index (χ1) is 11.1. The van der Waals surface area contributed by atoms with Crippen LogP contribution < -0.4 is 5.32 Å². The molecule has 0 unspecified atom stereocenters. The molecular formula is C17H13ClN2O2S. The number of hydrogen-bond donors (Lipinski definition) is 1. The predicted molar refractivity (Wildman–Crippen MR) is 93.3 cm³/mol. The first-order valence-corrected chi connectivity index (χ1v) is 8.25. The van der Waals surface area contributed by atoms with Gasteiger partial charge in [-0.25, -0.2) is 4.98 Å². The molecule has 1 heterocycles. The molecular weight excluding hydrogens is 332 g/mol. The minimum atomic E-state index is -0.216. The lowest BCUT2D eigenvalue weighted by Crippen LogP contribution is -2.13. The topological polar surface area (TPSA) is 59.1 Å². The minimum absolute atomic E-state index is 0.0823. The predicted octanol–water partition coefficient (Wildman–Crippen LogP) is 4.55. The van der Waals surface area contributed by atoms with Crippen LogP contribution in [0.1, 0.15) is 23.2 Å². The number of para-hydroxylation sites is 1. The van der Waals surface area contributed by atoms with E-state index in [0.717, 1.165) is 10.2 Å². The van der Waals surface area contributed by atoms with E-state index in [1.54, 1.807) is 24.3 Å². The van der Waals surface area contributed by atoms with Crippen LogP contribution in [0.15, 0.2) is 48.5 Å². The van der Waals surface area contributed by atoms with Crippen molar-refractivity contribution in [2.45, 2.75) is 12.8 Å². The number of nitrogens with zero attached hydrogens (tertiary/aromatic N) is 1. The summed E-state index contributed by atoms with van der Waals surface area (Å²) in [6, 6.07) is 14.3. The number of Topliss-reactive ketones (excluding diaryl/α,β-unsaturated/α-hetero) is 1. The average molecular weight is 345 g/mol. The van der Waals surface area contributed by atoms with E-state index in [4.69, 9.17) is 11.6 Å². The monoisotopic (exact) mass is 344 g/mol. The Labute approximate surface area is 142 Å². The highest BCUT2D eigenvalue weighted by Gasteiger charge is 2.11. The molecule has 3 aromatic rings. The van der Waals surface area contributed by atoms with E-state index in [0.29, 0.717) is 15.7 Å². The maximum absolute atomic E-state index is 12.0. The second-order valence-electron chi connectivity index (χ2n) is 4.96. The van der Waals surface area contributed by atoms with E-state index in [1.807, 2.05) is 24.3 Å². The lowest BCUT2D eigenvalue weighted by atomic mass is 10.1. The van der Waals surface area contributed by atoms with Gasteiger partial charge in [0, 0.05) is 23.4 Å². The van der Waals surface area contributed by atoms with E-state index in [1.165, 1.54) is 11.3 Å². The van der Waals surface area contributed by atoms with Gasteiger partial charge in [0.1, 0.15) is 0 Å². The molecule has 0 saturated heterocycles. The number of thiazole rings is 1. The molecule has 116 valence electrons. The highest BCUT2D eigenvalue weighted by Crippen LogP contribution is 2.25. The van der Waals surface area contributed by atoms with Crippen LogP contribution >= 0.6 is 22.9 Å². The summed E-state index contributed by atoms with van der Waals surface area (Å²) in [7, 11) is 0. The van der Waals surface area contributed by atoms with Crippen LogP contribution in [0.2, 0.25) is 5.02 Å². The molecule has 0 bridgehead atoms. The average Bonchev–Trinajstić information content (AvgIpc) is 2.95. The minimum Gasteiger partial charge on any atom is -0.302 e. The molecule has 1 aromatic heterocycles. The van der Waals surface area contributed by atoms with E-state index in [-0.39, 0.29) is 24.5 Å². The van der Waals surface area contributed by atoms with Gasteiger partial charge in [-0.15, -0.1) is 0 Å². The van der Waals surface area contributed by atoms with Crippen molar-refractivity contribution in [1.82, 2.24) is 4.98 Å². The molecule has 3 rings (SSSR count). The van der Waals surface area contributed by atoms with Gasteiger partial charge in [-0.1, -0.05) is 35.1 Å². The lowest BCUT2D eigenvalue weighted by molar-refractivity contribution is -0.116. The third-order valence-corrected chi connectivity index (χ3v) is 4.49. The fourth-order valence-corrected chi connectivity index (χ4v) is 3.12. The fraction of sp³-hybridized carbons (Fsp3) is 0.118. The smallest absolute Gasteiger partial charge is 0.226 e. The fourth-order valence-electron chi connectivity index (χ4n) is 2.11. The Morgan fingerprint density at radius 2 is 1.78 bits per heavy atom. The van der Waals surface area contributed by atoms with Gasteiger partial charge >= 0.3 is 0 Å². The summed E-state index contributed by atoms with van der Waals surface area (Å²) in [6.45, 7) is 0. The highest BCUT2D eigenvalue weighted by atomic mass is 35.5. The number of amides is 1. The second-order valence-corrected chi connectivity index (χ2v) is 6.43. The largest absolute Gasteiger partial charge is 0.302 e. The first kappa shape index (κ1) is 15.6. The van der Waals surface area contributed by atoms with Crippen molar-refractivity contribution in [2.24, 2.45) is 0 Å². The van der Waals surface area contributed by atoms with Gasteiger partial charge in [0.05, 0.1) is 10.2 Å². The number of hydrogen-bond acceptors (Lipinski definition) is 4. The highest BCUT2D eigenvalue weighted by molar-refractivity contribution is 7.22. The molecule has 0 aliphatic carbocycles. The van der Waals surface area contributed by atoms with Gasteiger partial charge in [0.25, 0.3) is 0 Å². The summed E-state index contributed by atoms with van der Waals surface area (Å²) in [5, 5.41) is 3.87. The molecule has 1 amide bonds. The van der Waals surface area contributed by atoms with E-state index >= 15 is 0 Å². The number of fused-ring (bicyclic) bond motifs is 1. The third kappa shape index (κ3) is 3.94. The normalized spacial score (nSPS) is 10.7. The second kappa shape index (κ2) is 6.89. The zero-order valence-electron chi connectivity index (χ0n) is 12.1. The molecule has 0 aliphatic heterocycles. The van der Waals surface area contributed by atoms with Crippen molar-refractivity contribution in [2.75, 3.05) is 5.32 Å². The van der Waals surface area contributed by atoms with Crippen molar-refractivity contribution in [3.05, 3.63) is 59.1 Å². The quantitative estimate of drug-likeness (QED) is 0.691. The van der Waals surface area contributed by atoms with Crippen molar-refractivity contribution in [1.29, 1.82) is 0 Å². The van der Waals surface area contributed by atoms with Gasteiger partial charge in [0.15, 0.2) is 10.9 Å². The van der Waals surface area contributed by atoms with E-state index < -0.39 is 0 Å². The van der Waals surface area contributed by atoms with Crippen LogP contribution in [0.5, 0.6) is 0 Å². The summed E-state index contributed by atoms with van der Waals surface area (Å²) in [4.78, 5) is 28.3. The summed E-state index contributed by atoms with van der Waals surface area (Å²) in [5.41, 5.74) is 1.41. The standard InChI is InChI=1S/C17H13ClN2O2S/c18-12-7-5-11(6-8-12)14(21)9-10-16(22)20-17-19-13-3-1-2-4-15(13)23-17/h1-8H,9-10H2,(H,19,20,22). The molecule has 23 heavy (non-hydrogen) atoms. The van der Waals surface area contributed by atoms with Gasteiger partial charge in [-0.3, -0.25) is 9.59 Å². The zero-order chi connectivity index (χ0) is 16.2. The molecule has 0 saturated carbocycles.